The van der Waals surface area contributed by atoms with Gasteiger partial charge in [0.15, 0.2) is 0 Å². The Labute approximate surface area is 111 Å². The minimum atomic E-state index is -0.119. The van der Waals surface area contributed by atoms with E-state index in [1.165, 1.54) is 0 Å². The average Bonchev–Trinajstić information content (AvgIpc) is 2.91. The molecule has 0 amide bonds. The maximum atomic E-state index is 12.3. The highest BCUT2D eigenvalue weighted by Crippen LogP contribution is 2.04. The standard InChI is InChI=1S/C14H14N4O/c1-3-7-15-11(2)13-5-4-9-18(14(13)19)10-12-6-8-16-17-12/h1,4-6,8-9,15H,2,7,10H2,(H,16,17). The summed E-state index contributed by atoms with van der Waals surface area (Å²) in [6.45, 7) is 4.60. The summed E-state index contributed by atoms with van der Waals surface area (Å²) in [6, 6.07) is 5.35. The molecule has 0 spiro atoms. The first-order chi connectivity index (χ1) is 9.22. The molecule has 0 fully saturated rings. The van der Waals surface area contributed by atoms with Gasteiger partial charge in [-0.15, -0.1) is 6.42 Å². The molecule has 0 bridgehead atoms. The van der Waals surface area contributed by atoms with Crippen LogP contribution >= 0.6 is 0 Å². The number of terminal acetylenes is 1. The lowest BCUT2D eigenvalue weighted by atomic mass is 10.2. The van der Waals surface area contributed by atoms with E-state index in [9.17, 15) is 4.79 Å². The van der Waals surface area contributed by atoms with Crippen molar-refractivity contribution >= 4 is 5.70 Å². The summed E-state index contributed by atoms with van der Waals surface area (Å²) >= 11 is 0. The van der Waals surface area contributed by atoms with Gasteiger partial charge in [-0.25, -0.2) is 0 Å². The minimum Gasteiger partial charge on any atom is -0.374 e. The highest BCUT2D eigenvalue weighted by molar-refractivity contribution is 5.60. The lowest BCUT2D eigenvalue weighted by molar-refractivity contribution is 0.731. The smallest absolute Gasteiger partial charge is 0.260 e. The highest BCUT2D eigenvalue weighted by Gasteiger charge is 2.07. The van der Waals surface area contributed by atoms with Gasteiger partial charge in [-0.2, -0.15) is 5.10 Å². The van der Waals surface area contributed by atoms with Gasteiger partial charge in [0.2, 0.25) is 0 Å². The van der Waals surface area contributed by atoms with Gasteiger partial charge >= 0.3 is 0 Å². The summed E-state index contributed by atoms with van der Waals surface area (Å²) in [4.78, 5) is 12.3. The number of nitrogens with zero attached hydrogens (tertiary/aromatic N) is 2. The average molecular weight is 254 g/mol. The maximum absolute atomic E-state index is 12.3. The summed E-state index contributed by atoms with van der Waals surface area (Å²) in [5.41, 5.74) is 1.78. The van der Waals surface area contributed by atoms with Crippen molar-refractivity contribution in [1.82, 2.24) is 20.1 Å². The van der Waals surface area contributed by atoms with Gasteiger partial charge in [0.05, 0.1) is 24.3 Å². The second-order valence-corrected chi connectivity index (χ2v) is 3.97. The van der Waals surface area contributed by atoms with Crippen LogP contribution in [0.2, 0.25) is 0 Å². The summed E-state index contributed by atoms with van der Waals surface area (Å²) in [7, 11) is 0. The highest BCUT2D eigenvalue weighted by atomic mass is 16.1. The molecule has 2 rings (SSSR count). The number of H-pyrrole nitrogens is 1. The Bertz CT molecular complexity index is 661. The number of aromatic amines is 1. The van der Waals surface area contributed by atoms with Crippen molar-refractivity contribution in [3.63, 3.8) is 0 Å². The van der Waals surface area contributed by atoms with Gasteiger partial charge in [-0.05, 0) is 18.2 Å². The van der Waals surface area contributed by atoms with E-state index in [0.29, 0.717) is 24.4 Å². The molecule has 0 aromatic carbocycles. The second kappa shape index (κ2) is 5.74. The van der Waals surface area contributed by atoms with Gasteiger partial charge in [0, 0.05) is 18.1 Å². The number of hydrogen-bond donors (Lipinski definition) is 2. The van der Waals surface area contributed by atoms with E-state index >= 15 is 0 Å². The molecule has 0 atom stereocenters. The van der Waals surface area contributed by atoms with Gasteiger partial charge in [-0.3, -0.25) is 9.89 Å². The summed E-state index contributed by atoms with van der Waals surface area (Å²) in [5.74, 6) is 2.44. The molecule has 5 nitrogen and oxygen atoms in total. The van der Waals surface area contributed by atoms with E-state index in [0.717, 1.165) is 5.69 Å². The zero-order valence-corrected chi connectivity index (χ0v) is 10.4. The maximum Gasteiger partial charge on any atom is 0.260 e. The van der Waals surface area contributed by atoms with E-state index in [1.807, 2.05) is 6.07 Å². The number of rotatable bonds is 5. The predicted molar refractivity (Wildman–Crippen MR) is 74.3 cm³/mol. The van der Waals surface area contributed by atoms with Crippen molar-refractivity contribution in [3.8, 4) is 12.3 Å². The summed E-state index contributed by atoms with van der Waals surface area (Å²) in [6.07, 6.45) is 8.54. The lowest BCUT2D eigenvalue weighted by Gasteiger charge is -2.09. The fourth-order valence-electron chi connectivity index (χ4n) is 1.70. The molecule has 0 aliphatic carbocycles. The largest absolute Gasteiger partial charge is 0.374 e. The normalized spacial score (nSPS) is 9.84. The van der Waals surface area contributed by atoms with E-state index in [4.69, 9.17) is 6.42 Å². The third kappa shape index (κ3) is 2.93. The molecule has 2 heterocycles. The van der Waals surface area contributed by atoms with Crippen LogP contribution in [0.1, 0.15) is 11.3 Å². The molecule has 0 aliphatic rings. The third-order valence-corrected chi connectivity index (χ3v) is 2.65. The van der Waals surface area contributed by atoms with E-state index in [-0.39, 0.29) is 5.56 Å². The molecule has 5 heteroatoms. The predicted octanol–water partition coefficient (Wildman–Crippen LogP) is 0.813. The Morgan fingerprint density at radius 1 is 1.58 bits per heavy atom. The van der Waals surface area contributed by atoms with Crippen LogP contribution in [0.15, 0.2) is 42.0 Å². The van der Waals surface area contributed by atoms with Gasteiger partial charge in [-0.1, -0.05) is 12.5 Å². The topological polar surface area (TPSA) is 62.7 Å². The van der Waals surface area contributed by atoms with Gasteiger partial charge in [0.25, 0.3) is 5.56 Å². The summed E-state index contributed by atoms with van der Waals surface area (Å²) in [5, 5.41) is 9.59. The quantitative estimate of drug-likeness (QED) is 0.776. The van der Waals surface area contributed by atoms with Crippen LogP contribution in [0.3, 0.4) is 0 Å². The number of nitrogens with one attached hydrogen (secondary N) is 2. The Morgan fingerprint density at radius 3 is 3.11 bits per heavy atom. The SMILES string of the molecule is C#CCNC(=C)c1cccn(Cc2ccn[nH]2)c1=O. The number of aromatic nitrogens is 3. The van der Waals surface area contributed by atoms with Crippen LogP contribution in [0.4, 0.5) is 0 Å². The molecule has 0 saturated heterocycles. The van der Waals surface area contributed by atoms with Crippen LogP contribution in [0.25, 0.3) is 5.70 Å². The van der Waals surface area contributed by atoms with Crippen molar-refractivity contribution in [2.24, 2.45) is 0 Å². The molecule has 0 aliphatic heterocycles. The zero-order chi connectivity index (χ0) is 13.7. The first kappa shape index (κ1) is 12.7. The first-order valence-corrected chi connectivity index (χ1v) is 5.76. The van der Waals surface area contributed by atoms with Crippen molar-refractivity contribution in [2.45, 2.75) is 6.54 Å². The monoisotopic (exact) mass is 254 g/mol. The van der Waals surface area contributed by atoms with Crippen molar-refractivity contribution in [3.05, 3.63) is 58.8 Å². The molecule has 96 valence electrons. The zero-order valence-electron chi connectivity index (χ0n) is 10.4. The van der Waals surface area contributed by atoms with Crippen molar-refractivity contribution in [2.75, 3.05) is 6.54 Å². The van der Waals surface area contributed by atoms with Crippen LogP contribution < -0.4 is 10.9 Å². The minimum absolute atomic E-state index is 0.119. The fraction of sp³-hybridized carbons (Fsp3) is 0.143. The van der Waals surface area contributed by atoms with E-state index in [2.05, 4.69) is 28.0 Å². The van der Waals surface area contributed by atoms with Crippen molar-refractivity contribution < 1.29 is 0 Å². The third-order valence-electron chi connectivity index (χ3n) is 2.65. The van der Waals surface area contributed by atoms with Crippen LogP contribution in [0.5, 0.6) is 0 Å². The molecular formula is C14H14N4O. The summed E-state index contributed by atoms with van der Waals surface area (Å²) < 4.78 is 1.59. The lowest BCUT2D eigenvalue weighted by Crippen LogP contribution is -2.26. The van der Waals surface area contributed by atoms with Gasteiger partial charge < -0.3 is 9.88 Å². The van der Waals surface area contributed by atoms with E-state index in [1.54, 1.807) is 29.1 Å². The molecule has 0 radical (unpaired) electrons. The Morgan fingerprint density at radius 2 is 2.42 bits per heavy atom. The molecule has 2 aromatic heterocycles. The van der Waals surface area contributed by atoms with Crippen LogP contribution in [-0.4, -0.2) is 21.3 Å². The molecule has 2 aromatic rings. The molecular weight excluding hydrogens is 240 g/mol. The van der Waals surface area contributed by atoms with E-state index < -0.39 is 0 Å². The van der Waals surface area contributed by atoms with Crippen molar-refractivity contribution in [1.29, 1.82) is 0 Å². The Hall–Kier alpha value is -2.74. The molecule has 0 saturated carbocycles. The number of hydrogen-bond acceptors (Lipinski definition) is 3. The molecule has 19 heavy (non-hydrogen) atoms. The Balaban J connectivity index is 2.26. The first-order valence-electron chi connectivity index (χ1n) is 5.76. The van der Waals surface area contributed by atoms with Gasteiger partial charge in [0.1, 0.15) is 0 Å². The molecule has 2 N–H and O–H groups in total. The number of pyridine rings is 1. The second-order valence-electron chi connectivity index (χ2n) is 3.97. The Kier molecular flexibility index (Phi) is 3.84. The molecule has 0 unspecified atom stereocenters. The fourth-order valence-corrected chi connectivity index (χ4v) is 1.70. The van der Waals surface area contributed by atoms with Crippen LogP contribution in [0, 0.1) is 12.3 Å². The van der Waals surface area contributed by atoms with Crippen LogP contribution in [-0.2, 0) is 6.54 Å².